The van der Waals surface area contributed by atoms with Crippen LogP contribution in [-0.2, 0) is 16.0 Å². The summed E-state index contributed by atoms with van der Waals surface area (Å²) in [7, 11) is 0. The van der Waals surface area contributed by atoms with Crippen LogP contribution < -0.4 is 5.32 Å². The number of hydrogen-bond acceptors (Lipinski definition) is 4. The molecule has 2 aromatic carbocycles. The molecule has 1 amide bonds. The number of nitrogens with one attached hydrogen (secondary N) is 1. The van der Waals surface area contributed by atoms with Crippen molar-refractivity contribution in [1.29, 1.82) is 0 Å². The number of pyridine rings is 1. The lowest BCUT2D eigenvalue weighted by Gasteiger charge is -2.13. The second-order valence-electron chi connectivity index (χ2n) is 6.15. The van der Waals surface area contributed by atoms with Crippen molar-refractivity contribution >= 4 is 28.5 Å². The van der Waals surface area contributed by atoms with E-state index in [2.05, 4.69) is 10.3 Å². The summed E-state index contributed by atoms with van der Waals surface area (Å²) in [5, 5.41) is 2.69. The van der Waals surface area contributed by atoms with Gasteiger partial charge < -0.3 is 10.1 Å². The highest BCUT2D eigenvalue weighted by molar-refractivity contribution is 6.05. The predicted molar refractivity (Wildman–Crippen MR) is 101 cm³/mol. The highest BCUT2D eigenvalue weighted by atomic mass is 19.1. The van der Waals surface area contributed by atoms with Crippen molar-refractivity contribution in [3.05, 3.63) is 70.9 Å². The van der Waals surface area contributed by atoms with E-state index in [1.54, 1.807) is 25.1 Å². The zero-order chi connectivity index (χ0) is 20.3. The number of halogens is 2. The summed E-state index contributed by atoms with van der Waals surface area (Å²) < 4.78 is 32.3. The fourth-order valence-corrected chi connectivity index (χ4v) is 2.96. The standard InChI is InChI=1S/C21H18F2N2O3/c1-3-16-12(2)19(13-7-4-5-10-17(13)24-16)21(27)28-11-18(26)25-20-14(22)8-6-9-15(20)23/h4-10H,3,11H2,1-2H3,(H,25,26). The van der Waals surface area contributed by atoms with Gasteiger partial charge in [0.05, 0.1) is 11.1 Å². The Labute approximate surface area is 160 Å². The van der Waals surface area contributed by atoms with Crippen molar-refractivity contribution < 1.29 is 23.1 Å². The highest BCUT2D eigenvalue weighted by Gasteiger charge is 2.20. The summed E-state index contributed by atoms with van der Waals surface area (Å²) in [6.45, 7) is 3.02. The molecule has 1 aromatic heterocycles. The molecule has 7 heteroatoms. The van der Waals surface area contributed by atoms with Gasteiger partial charge >= 0.3 is 5.97 Å². The normalized spacial score (nSPS) is 10.7. The molecule has 0 fully saturated rings. The van der Waals surface area contributed by atoms with Crippen molar-refractivity contribution in [3.63, 3.8) is 0 Å². The van der Waals surface area contributed by atoms with Crippen molar-refractivity contribution in [2.24, 2.45) is 0 Å². The van der Waals surface area contributed by atoms with Crippen molar-refractivity contribution in [2.75, 3.05) is 11.9 Å². The van der Waals surface area contributed by atoms with Gasteiger partial charge in [-0.1, -0.05) is 31.2 Å². The van der Waals surface area contributed by atoms with Gasteiger partial charge in [-0.15, -0.1) is 0 Å². The third kappa shape index (κ3) is 3.83. The number of nitrogens with zero attached hydrogens (tertiary/aromatic N) is 1. The number of rotatable bonds is 5. The molecule has 144 valence electrons. The molecule has 0 aliphatic rings. The lowest BCUT2D eigenvalue weighted by atomic mass is 10.0. The van der Waals surface area contributed by atoms with E-state index in [0.29, 0.717) is 28.5 Å². The number of ether oxygens (including phenoxy) is 1. The van der Waals surface area contributed by atoms with Gasteiger partial charge in [0.15, 0.2) is 6.61 Å². The Hall–Kier alpha value is -3.35. The molecular formula is C21H18F2N2O3. The van der Waals surface area contributed by atoms with E-state index in [0.717, 1.165) is 17.8 Å². The van der Waals surface area contributed by atoms with Crippen LogP contribution in [0.1, 0.15) is 28.5 Å². The Bertz CT molecular complexity index is 1050. The van der Waals surface area contributed by atoms with Gasteiger partial charge in [-0.25, -0.2) is 13.6 Å². The predicted octanol–water partition coefficient (Wildman–Crippen LogP) is 4.18. The number of benzene rings is 2. The Morgan fingerprint density at radius 2 is 1.75 bits per heavy atom. The van der Waals surface area contributed by atoms with Gasteiger partial charge in [0.2, 0.25) is 0 Å². The average molecular weight is 384 g/mol. The number of amides is 1. The Balaban J connectivity index is 1.80. The molecule has 28 heavy (non-hydrogen) atoms. The smallest absolute Gasteiger partial charge is 0.339 e. The molecule has 0 bridgehead atoms. The monoisotopic (exact) mass is 384 g/mol. The first-order chi connectivity index (χ1) is 13.4. The fraction of sp³-hybridized carbons (Fsp3) is 0.190. The first kappa shape index (κ1) is 19.4. The second kappa shape index (κ2) is 8.12. The van der Waals surface area contributed by atoms with Crippen LogP contribution in [0.25, 0.3) is 10.9 Å². The molecule has 0 saturated heterocycles. The van der Waals surface area contributed by atoms with Crippen LogP contribution in [0, 0.1) is 18.6 Å². The lowest BCUT2D eigenvalue weighted by Crippen LogP contribution is -2.22. The van der Waals surface area contributed by atoms with E-state index >= 15 is 0 Å². The van der Waals surface area contributed by atoms with Gasteiger partial charge in [0.1, 0.15) is 17.3 Å². The largest absolute Gasteiger partial charge is 0.452 e. The minimum Gasteiger partial charge on any atom is -0.452 e. The summed E-state index contributed by atoms with van der Waals surface area (Å²) >= 11 is 0. The SMILES string of the molecule is CCc1nc2ccccc2c(C(=O)OCC(=O)Nc2c(F)cccc2F)c1C. The summed E-state index contributed by atoms with van der Waals surface area (Å²) in [6, 6.07) is 10.4. The van der Waals surface area contributed by atoms with Crippen molar-refractivity contribution in [2.45, 2.75) is 20.3 Å². The highest BCUT2D eigenvalue weighted by Crippen LogP contribution is 2.24. The van der Waals surface area contributed by atoms with E-state index < -0.39 is 35.8 Å². The van der Waals surface area contributed by atoms with E-state index in [1.165, 1.54) is 6.07 Å². The zero-order valence-electron chi connectivity index (χ0n) is 15.4. The van der Waals surface area contributed by atoms with Crippen LogP contribution in [0.4, 0.5) is 14.5 Å². The first-order valence-corrected chi connectivity index (χ1v) is 8.71. The van der Waals surface area contributed by atoms with Crippen molar-refractivity contribution in [3.8, 4) is 0 Å². The Kier molecular flexibility index (Phi) is 5.63. The topological polar surface area (TPSA) is 68.3 Å². The summed E-state index contributed by atoms with van der Waals surface area (Å²) in [6.07, 6.45) is 0.629. The van der Waals surface area contributed by atoms with Crippen LogP contribution in [0.5, 0.6) is 0 Å². The maximum absolute atomic E-state index is 13.6. The maximum Gasteiger partial charge on any atom is 0.339 e. The molecule has 0 spiro atoms. The van der Waals surface area contributed by atoms with Gasteiger partial charge in [-0.2, -0.15) is 0 Å². The molecule has 1 N–H and O–H groups in total. The summed E-state index contributed by atoms with van der Waals surface area (Å²) in [4.78, 5) is 29.2. The number of hydrogen-bond donors (Lipinski definition) is 1. The first-order valence-electron chi connectivity index (χ1n) is 8.71. The number of aryl methyl sites for hydroxylation is 1. The number of para-hydroxylation sites is 2. The van der Waals surface area contributed by atoms with Crippen LogP contribution in [-0.4, -0.2) is 23.5 Å². The lowest BCUT2D eigenvalue weighted by molar-refractivity contribution is -0.119. The van der Waals surface area contributed by atoms with Crippen LogP contribution in [0.15, 0.2) is 42.5 Å². The molecule has 3 aromatic rings. The molecular weight excluding hydrogens is 366 g/mol. The van der Waals surface area contributed by atoms with Crippen LogP contribution in [0.3, 0.4) is 0 Å². The zero-order valence-corrected chi connectivity index (χ0v) is 15.4. The number of aromatic nitrogens is 1. The fourth-order valence-electron chi connectivity index (χ4n) is 2.96. The van der Waals surface area contributed by atoms with Crippen LogP contribution in [0.2, 0.25) is 0 Å². The average Bonchev–Trinajstić information content (AvgIpc) is 2.68. The molecule has 3 rings (SSSR count). The number of carbonyl (C=O) groups is 2. The second-order valence-corrected chi connectivity index (χ2v) is 6.15. The molecule has 5 nitrogen and oxygen atoms in total. The number of fused-ring (bicyclic) bond motifs is 1. The van der Waals surface area contributed by atoms with Crippen molar-refractivity contribution in [1.82, 2.24) is 4.98 Å². The van der Waals surface area contributed by atoms with Gasteiger partial charge in [0.25, 0.3) is 5.91 Å². The van der Waals surface area contributed by atoms with E-state index in [-0.39, 0.29) is 0 Å². The molecule has 0 saturated carbocycles. The molecule has 0 aliphatic heterocycles. The quantitative estimate of drug-likeness (QED) is 0.670. The Morgan fingerprint density at radius 3 is 2.43 bits per heavy atom. The minimum atomic E-state index is -0.914. The molecule has 0 radical (unpaired) electrons. The number of carbonyl (C=O) groups excluding carboxylic acids is 2. The minimum absolute atomic E-state index is 0.326. The Morgan fingerprint density at radius 1 is 1.07 bits per heavy atom. The summed E-state index contributed by atoms with van der Waals surface area (Å²) in [5.74, 6) is -3.37. The van der Waals surface area contributed by atoms with Gasteiger partial charge in [-0.3, -0.25) is 9.78 Å². The maximum atomic E-state index is 13.6. The van der Waals surface area contributed by atoms with E-state index in [1.807, 2.05) is 13.0 Å². The molecule has 0 unspecified atom stereocenters. The number of esters is 1. The number of anilines is 1. The van der Waals surface area contributed by atoms with Crippen LogP contribution >= 0.6 is 0 Å². The molecule has 0 atom stereocenters. The molecule has 0 aliphatic carbocycles. The molecule has 1 heterocycles. The van der Waals surface area contributed by atoms with E-state index in [4.69, 9.17) is 4.74 Å². The third-order valence-corrected chi connectivity index (χ3v) is 4.34. The van der Waals surface area contributed by atoms with Gasteiger partial charge in [0, 0.05) is 11.1 Å². The third-order valence-electron chi connectivity index (χ3n) is 4.34. The summed E-state index contributed by atoms with van der Waals surface area (Å²) in [5.41, 5.74) is 1.82. The van der Waals surface area contributed by atoms with E-state index in [9.17, 15) is 18.4 Å². The van der Waals surface area contributed by atoms with Gasteiger partial charge in [-0.05, 0) is 37.1 Å².